The fourth-order valence-corrected chi connectivity index (χ4v) is 3.18. The molecule has 0 radical (unpaired) electrons. The average molecular weight is 396 g/mol. The molecule has 29 heavy (non-hydrogen) atoms. The maximum atomic E-state index is 12.6. The quantitative estimate of drug-likeness (QED) is 0.713. The Kier molecular flexibility index (Phi) is 7.25. The van der Waals surface area contributed by atoms with E-state index in [0.29, 0.717) is 30.0 Å². The smallest absolute Gasteiger partial charge is 0.265 e. The van der Waals surface area contributed by atoms with Crippen LogP contribution in [0.3, 0.4) is 0 Å². The third-order valence-electron chi connectivity index (χ3n) is 4.87. The van der Waals surface area contributed by atoms with Gasteiger partial charge < -0.3 is 20.1 Å². The number of hydrogen-bond acceptors (Lipinski definition) is 4. The van der Waals surface area contributed by atoms with E-state index in [1.165, 1.54) is 0 Å². The summed E-state index contributed by atoms with van der Waals surface area (Å²) in [5.41, 5.74) is 2.18. The van der Waals surface area contributed by atoms with Crippen molar-refractivity contribution < 1.29 is 19.1 Å². The third-order valence-corrected chi connectivity index (χ3v) is 4.87. The van der Waals surface area contributed by atoms with Crippen molar-refractivity contribution in [2.24, 2.45) is 0 Å². The highest BCUT2D eigenvalue weighted by atomic mass is 16.5. The SMILES string of the molecule is CCC(Oc1ccc(C)cc1)C(=O)Nc1cccc(C(=O)NCC2CCCO2)c1. The van der Waals surface area contributed by atoms with E-state index in [1.807, 2.05) is 38.1 Å². The minimum Gasteiger partial charge on any atom is -0.481 e. The zero-order valence-corrected chi connectivity index (χ0v) is 16.9. The molecule has 2 unspecified atom stereocenters. The van der Waals surface area contributed by atoms with Crippen LogP contribution in [0.2, 0.25) is 0 Å². The van der Waals surface area contributed by atoms with Gasteiger partial charge in [-0.15, -0.1) is 0 Å². The zero-order valence-electron chi connectivity index (χ0n) is 16.9. The first-order valence-electron chi connectivity index (χ1n) is 10.1. The van der Waals surface area contributed by atoms with Crippen LogP contribution in [-0.2, 0) is 9.53 Å². The Morgan fingerprint density at radius 2 is 2.00 bits per heavy atom. The molecule has 2 aromatic rings. The molecule has 2 amide bonds. The molecule has 1 heterocycles. The minimum atomic E-state index is -0.616. The minimum absolute atomic E-state index is 0.0890. The lowest BCUT2D eigenvalue weighted by atomic mass is 10.1. The Labute approximate surface area is 171 Å². The average Bonchev–Trinajstić information content (AvgIpc) is 3.25. The normalized spacial score (nSPS) is 16.8. The molecule has 154 valence electrons. The van der Waals surface area contributed by atoms with E-state index >= 15 is 0 Å². The number of ether oxygens (including phenoxy) is 2. The molecular weight excluding hydrogens is 368 g/mol. The third kappa shape index (κ3) is 6.06. The molecule has 1 aliphatic heterocycles. The molecule has 0 bridgehead atoms. The van der Waals surface area contributed by atoms with E-state index < -0.39 is 6.10 Å². The fourth-order valence-electron chi connectivity index (χ4n) is 3.18. The predicted octanol–water partition coefficient (Wildman–Crippen LogP) is 3.70. The van der Waals surface area contributed by atoms with Gasteiger partial charge in [-0.1, -0.05) is 30.7 Å². The molecule has 2 atom stereocenters. The molecule has 6 heteroatoms. The number of amides is 2. The number of anilines is 1. The van der Waals surface area contributed by atoms with Gasteiger partial charge in [0.15, 0.2) is 6.10 Å². The first kappa shape index (κ1) is 20.9. The number of aryl methyl sites for hydroxylation is 1. The molecule has 2 N–H and O–H groups in total. The summed E-state index contributed by atoms with van der Waals surface area (Å²) in [5, 5.41) is 5.74. The summed E-state index contributed by atoms with van der Waals surface area (Å²) in [6.45, 7) is 5.15. The molecule has 1 fully saturated rings. The Balaban J connectivity index is 1.58. The Morgan fingerprint density at radius 3 is 2.69 bits per heavy atom. The summed E-state index contributed by atoms with van der Waals surface area (Å²) in [4.78, 5) is 25.0. The van der Waals surface area contributed by atoms with Gasteiger partial charge in [0, 0.05) is 24.4 Å². The summed E-state index contributed by atoms with van der Waals surface area (Å²) < 4.78 is 11.3. The van der Waals surface area contributed by atoms with Crippen LogP contribution < -0.4 is 15.4 Å². The van der Waals surface area contributed by atoms with Gasteiger partial charge in [-0.05, 0) is 56.5 Å². The van der Waals surface area contributed by atoms with Crippen molar-refractivity contribution in [1.29, 1.82) is 0 Å². The van der Waals surface area contributed by atoms with Gasteiger partial charge >= 0.3 is 0 Å². The lowest BCUT2D eigenvalue weighted by molar-refractivity contribution is -0.122. The van der Waals surface area contributed by atoms with Crippen molar-refractivity contribution in [3.05, 3.63) is 59.7 Å². The molecule has 1 aliphatic rings. The second-order valence-electron chi connectivity index (χ2n) is 7.24. The lowest BCUT2D eigenvalue weighted by Gasteiger charge is -2.18. The van der Waals surface area contributed by atoms with Crippen molar-refractivity contribution in [2.45, 2.75) is 45.3 Å². The fraction of sp³-hybridized carbons (Fsp3) is 0.391. The second-order valence-corrected chi connectivity index (χ2v) is 7.24. The van der Waals surface area contributed by atoms with Gasteiger partial charge in [0.2, 0.25) is 0 Å². The number of carbonyl (C=O) groups excluding carboxylic acids is 2. The summed E-state index contributed by atoms with van der Waals surface area (Å²) in [7, 11) is 0. The van der Waals surface area contributed by atoms with Gasteiger partial charge in [0.05, 0.1) is 6.10 Å². The van der Waals surface area contributed by atoms with E-state index in [1.54, 1.807) is 24.3 Å². The van der Waals surface area contributed by atoms with Crippen LogP contribution in [0.15, 0.2) is 48.5 Å². The second kappa shape index (κ2) is 10.1. The van der Waals surface area contributed by atoms with Crippen LogP contribution in [0, 0.1) is 6.92 Å². The van der Waals surface area contributed by atoms with E-state index in [9.17, 15) is 9.59 Å². The summed E-state index contributed by atoms with van der Waals surface area (Å²) >= 11 is 0. The molecule has 0 aromatic heterocycles. The van der Waals surface area contributed by atoms with Crippen molar-refractivity contribution in [3.8, 4) is 5.75 Å². The van der Waals surface area contributed by atoms with Crippen LogP contribution in [0.4, 0.5) is 5.69 Å². The van der Waals surface area contributed by atoms with E-state index in [4.69, 9.17) is 9.47 Å². The van der Waals surface area contributed by atoms with Crippen LogP contribution >= 0.6 is 0 Å². The summed E-state index contributed by atoms with van der Waals surface area (Å²) in [6.07, 6.45) is 2.00. The zero-order chi connectivity index (χ0) is 20.6. The van der Waals surface area contributed by atoms with Crippen molar-refractivity contribution in [1.82, 2.24) is 5.32 Å². The molecule has 0 spiro atoms. The predicted molar refractivity (Wildman–Crippen MR) is 112 cm³/mol. The van der Waals surface area contributed by atoms with Crippen molar-refractivity contribution in [3.63, 3.8) is 0 Å². The molecule has 3 rings (SSSR count). The number of nitrogens with one attached hydrogen (secondary N) is 2. The Morgan fingerprint density at radius 1 is 1.21 bits per heavy atom. The Bertz CT molecular complexity index is 829. The molecule has 0 saturated carbocycles. The number of benzene rings is 2. The van der Waals surface area contributed by atoms with Crippen LogP contribution in [0.5, 0.6) is 5.75 Å². The van der Waals surface area contributed by atoms with Crippen molar-refractivity contribution >= 4 is 17.5 Å². The topological polar surface area (TPSA) is 76.7 Å². The van der Waals surface area contributed by atoms with Gasteiger partial charge in [-0.2, -0.15) is 0 Å². The largest absolute Gasteiger partial charge is 0.481 e. The van der Waals surface area contributed by atoms with Crippen LogP contribution in [0.25, 0.3) is 0 Å². The van der Waals surface area contributed by atoms with E-state index in [0.717, 1.165) is 25.0 Å². The van der Waals surface area contributed by atoms with Gasteiger partial charge in [0.1, 0.15) is 5.75 Å². The number of rotatable bonds is 8. The van der Waals surface area contributed by atoms with Crippen LogP contribution in [-0.4, -0.2) is 37.2 Å². The van der Waals surface area contributed by atoms with E-state index in [-0.39, 0.29) is 17.9 Å². The molecule has 6 nitrogen and oxygen atoms in total. The number of hydrogen-bond donors (Lipinski definition) is 2. The van der Waals surface area contributed by atoms with Gasteiger partial charge in [0.25, 0.3) is 11.8 Å². The summed E-state index contributed by atoms with van der Waals surface area (Å²) in [5.74, 6) is 0.226. The lowest BCUT2D eigenvalue weighted by Crippen LogP contribution is -2.33. The molecular formula is C23H28N2O4. The highest BCUT2D eigenvalue weighted by Crippen LogP contribution is 2.17. The monoisotopic (exact) mass is 396 g/mol. The maximum Gasteiger partial charge on any atom is 0.265 e. The Hall–Kier alpha value is -2.86. The van der Waals surface area contributed by atoms with Crippen LogP contribution in [0.1, 0.15) is 42.1 Å². The molecule has 2 aromatic carbocycles. The molecule has 0 aliphatic carbocycles. The number of carbonyl (C=O) groups is 2. The maximum absolute atomic E-state index is 12.6. The van der Waals surface area contributed by atoms with Gasteiger partial charge in [-0.3, -0.25) is 9.59 Å². The first-order chi connectivity index (χ1) is 14.0. The van der Waals surface area contributed by atoms with Crippen molar-refractivity contribution in [2.75, 3.05) is 18.5 Å². The summed E-state index contributed by atoms with van der Waals surface area (Å²) in [6, 6.07) is 14.5. The highest BCUT2D eigenvalue weighted by Gasteiger charge is 2.20. The molecule has 1 saturated heterocycles. The standard InChI is InChI=1S/C23H28N2O4/c1-3-21(29-19-11-9-16(2)10-12-19)23(27)25-18-7-4-6-17(14-18)22(26)24-15-20-8-5-13-28-20/h4,6-7,9-12,14,20-21H,3,5,8,13,15H2,1-2H3,(H,24,26)(H,25,27). The van der Waals surface area contributed by atoms with Gasteiger partial charge in [-0.25, -0.2) is 0 Å². The highest BCUT2D eigenvalue weighted by molar-refractivity contribution is 5.98. The first-order valence-corrected chi connectivity index (χ1v) is 10.1. The van der Waals surface area contributed by atoms with E-state index in [2.05, 4.69) is 10.6 Å².